The molecule has 1 aliphatic heterocycles. The lowest BCUT2D eigenvalue weighted by Crippen LogP contribution is -2.50. The van der Waals surface area contributed by atoms with E-state index in [1.54, 1.807) is 4.90 Å². The Kier molecular flexibility index (Phi) is 9.09. The summed E-state index contributed by atoms with van der Waals surface area (Å²) in [4.78, 5) is 27.3. The van der Waals surface area contributed by atoms with Gasteiger partial charge >= 0.3 is 12.2 Å². The van der Waals surface area contributed by atoms with Crippen LogP contribution in [0.5, 0.6) is 0 Å². The van der Waals surface area contributed by atoms with Crippen LogP contribution in [0, 0.1) is 0 Å². The van der Waals surface area contributed by atoms with Gasteiger partial charge in [0.25, 0.3) is 0 Å². The van der Waals surface area contributed by atoms with E-state index in [1.165, 1.54) is 5.56 Å². The molecule has 37 heavy (non-hydrogen) atoms. The van der Waals surface area contributed by atoms with Crippen LogP contribution in [0.15, 0.2) is 60.7 Å². The maximum Gasteiger partial charge on any atom is 0.410 e. The summed E-state index contributed by atoms with van der Waals surface area (Å²) in [5, 5.41) is 2.97. The van der Waals surface area contributed by atoms with Gasteiger partial charge in [0, 0.05) is 6.54 Å². The van der Waals surface area contributed by atoms with Crippen molar-refractivity contribution in [3.05, 3.63) is 71.8 Å². The summed E-state index contributed by atoms with van der Waals surface area (Å²) in [6, 6.07) is 19.7. The van der Waals surface area contributed by atoms with E-state index in [0.717, 1.165) is 31.2 Å². The molecular formula is C30H40N2O5. The Morgan fingerprint density at radius 2 is 1.57 bits per heavy atom. The van der Waals surface area contributed by atoms with Gasteiger partial charge < -0.3 is 24.4 Å². The quantitative estimate of drug-likeness (QED) is 0.494. The fourth-order valence-corrected chi connectivity index (χ4v) is 5.24. The summed E-state index contributed by atoms with van der Waals surface area (Å²) >= 11 is 0. The van der Waals surface area contributed by atoms with Crippen molar-refractivity contribution in [2.75, 3.05) is 13.2 Å². The standard InChI is InChI=1S/C30H40N2O5/c1-30(2,3)37-28(33)31-26-18-19-32(29(34)36-20-22-10-6-4-7-11-22)27(26)21-35-25-16-14-24(15-17-25)23-12-8-5-9-13-23/h4-13,24-27H,14-21H2,1-3H3,(H,31,33)/t24-,25+,26-,27-/m0/s1. The first-order chi connectivity index (χ1) is 17.8. The minimum Gasteiger partial charge on any atom is -0.445 e. The van der Waals surface area contributed by atoms with Crippen molar-refractivity contribution in [3.63, 3.8) is 0 Å². The molecule has 0 unspecified atom stereocenters. The average Bonchev–Trinajstić information content (AvgIpc) is 3.28. The first kappa shape index (κ1) is 27.0. The highest BCUT2D eigenvalue weighted by molar-refractivity contribution is 5.70. The number of nitrogens with zero attached hydrogens (tertiary/aromatic N) is 1. The number of carbonyl (C=O) groups excluding carboxylic acids is 2. The second-order valence-electron chi connectivity index (χ2n) is 11.1. The number of ether oxygens (including phenoxy) is 3. The van der Waals surface area contributed by atoms with Crippen molar-refractivity contribution in [1.82, 2.24) is 10.2 Å². The van der Waals surface area contributed by atoms with E-state index in [2.05, 4.69) is 35.6 Å². The number of rotatable bonds is 7. The Morgan fingerprint density at radius 1 is 0.919 bits per heavy atom. The van der Waals surface area contributed by atoms with Gasteiger partial charge in [-0.1, -0.05) is 60.7 Å². The number of hydrogen-bond donors (Lipinski definition) is 1. The third-order valence-corrected chi connectivity index (χ3v) is 7.14. The zero-order valence-electron chi connectivity index (χ0n) is 22.2. The van der Waals surface area contributed by atoms with E-state index < -0.39 is 17.8 Å². The number of nitrogens with one attached hydrogen (secondary N) is 1. The van der Waals surface area contributed by atoms with Crippen LogP contribution in [0.25, 0.3) is 0 Å². The fraction of sp³-hybridized carbons (Fsp3) is 0.533. The molecule has 1 saturated carbocycles. The number of hydrogen-bond acceptors (Lipinski definition) is 5. The van der Waals surface area contributed by atoms with Crippen LogP contribution in [-0.2, 0) is 20.8 Å². The van der Waals surface area contributed by atoms with Crippen molar-refractivity contribution >= 4 is 12.2 Å². The number of likely N-dealkylation sites (tertiary alicyclic amines) is 1. The zero-order valence-corrected chi connectivity index (χ0v) is 22.2. The predicted molar refractivity (Wildman–Crippen MR) is 142 cm³/mol. The minimum absolute atomic E-state index is 0.143. The maximum absolute atomic E-state index is 13.0. The largest absolute Gasteiger partial charge is 0.445 e. The molecule has 0 spiro atoms. The van der Waals surface area contributed by atoms with Crippen LogP contribution in [0.4, 0.5) is 9.59 Å². The lowest BCUT2D eigenvalue weighted by atomic mass is 9.83. The van der Waals surface area contributed by atoms with Gasteiger partial charge in [0.05, 0.1) is 24.8 Å². The Bertz CT molecular complexity index is 1000. The molecule has 0 bridgehead atoms. The molecule has 7 nitrogen and oxygen atoms in total. The summed E-state index contributed by atoms with van der Waals surface area (Å²) in [6.45, 7) is 6.55. The second kappa shape index (κ2) is 12.5. The van der Waals surface area contributed by atoms with Gasteiger partial charge in [-0.15, -0.1) is 0 Å². The third kappa shape index (κ3) is 7.96. The van der Waals surface area contributed by atoms with Gasteiger partial charge in [0.15, 0.2) is 0 Å². The van der Waals surface area contributed by atoms with E-state index in [1.807, 2.05) is 51.1 Å². The van der Waals surface area contributed by atoms with Crippen LogP contribution in [-0.4, -0.2) is 54.0 Å². The summed E-state index contributed by atoms with van der Waals surface area (Å²) < 4.78 is 17.5. The molecule has 1 saturated heterocycles. The molecule has 1 heterocycles. The highest BCUT2D eigenvalue weighted by atomic mass is 16.6. The van der Waals surface area contributed by atoms with Crippen LogP contribution in [0.1, 0.15) is 69.9 Å². The summed E-state index contributed by atoms with van der Waals surface area (Å²) in [5.74, 6) is 0.568. The zero-order chi connectivity index (χ0) is 26.3. The predicted octanol–water partition coefficient (Wildman–Crippen LogP) is 6.03. The maximum atomic E-state index is 13.0. The molecule has 2 atom stereocenters. The first-order valence-corrected chi connectivity index (χ1v) is 13.4. The van der Waals surface area contributed by atoms with Gasteiger partial charge in [-0.05, 0) is 69.9 Å². The Morgan fingerprint density at radius 3 is 2.22 bits per heavy atom. The molecule has 2 aromatic rings. The molecule has 0 aromatic heterocycles. The number of carbonyl (C=O) groups is 2. The van der Waals surface area contributed by atoms with Crippen LogP contribution in [0.2, 0.25) is 0 Å². The normalized spacial score (nSPS) is 23.9. The molecule has 2 amide bonds. The summed E-state index contributed by atoms with van der Waals surface area (Å²) in [6.07, 6.45) is 4.02. The number of benzene rings is 2. The average molecular weight is 509 g/mol. The van der Waals surface area contributed by atoms with Gasteiger partial charge in [0.1, 0.15) is 12.2 Å². The summed E-state index contributed by atoms with van der Waals surface area (Å²) in [7, 11) is 0. The van der Waals surface area contributed by atoms with Crippen molar-refractivity contribution < 1.29 is 23.8 Å². The monoisotopic (exact) mass is 508 g/mol. The highest BCUT2D eigenvalue weighted by Gasteiger charge is 2.40. The molecule has 7 heteroatoms. The molecular weight excluding hydrogens is 468 g/mol. The molecule has 200 valence electrons. The number of alkyl carbamates (subject to hydrolysis) is 1. The van der Waals surface area contributed by atoms with Gasteiger partial charge in [-0.25, -0.2) is 9.59 Å². The molecule has 4 rings (SSSR count). The van der Waals surface area contributed by atoms with E-state index in [0.29, 0.717) is 25.5 Å². The van der Waals surface area contributed by atoms with Crippen LogP contribution >= 0.6 is 0 Å². The van der Waals surface area contributed by atoms with Crippen molar-refractivity contribution in [2.45, 2.75) is 89.2 Å². The molecule has 2 fully saturated rings. The molecule has 1 aliphatic carbocycles. The van der Waals surface area contributed by atoms with E-state index >= 15 is 0 Å². The SMILES string of the molecule is CC(C)(C)OC(=O)N[C@H]1CCN(C(=O)OCc2ccccc2)[C@H]1CO[C@H]1CC[C@@H](c2ccccc2)CC1. The smallest absolute Gasteiger partial charge is 0.410 e. The fourth-order valence-electron chi connectivity index (χ4n) is 5.24. The Balaban J connectivity index is 1.35. The van der Waals surface area contributed by atoms with Crippen molar-refractivity contribution in [1.29, 1.82) is 0 Å². The topological polar surface area (TPSA) is 77.1 Å². The lowest BCUT2D eigenvalue weighted by Gasteiger charge is -2.33. The third-order valence-electron chi connectivity index (χ3n) is 7.14. The van der Waals surface area contributed by atoms with Crippen LogP contribution < -0.4 is 5.32 Å². The molecule has 2 aliphatic rings. The lowest BCUT2D eigenvalue weighted by molar-refractivity contribution is -0.00972. The van der Waals surface area contributed by atoms with Gasteiger partial charge in [0.2, 0.25) is 0 Å². The Hall–Kier alpha value is -3.06. The van der Waals surface area contributed by atoms with Gasteiger partial charge in [-0.3, -0.25) is 0 Å². The van der Waals surface area contributed by atoms with E-state index in [-0.39, 0.29) is 24.8 Å². The first-order valence-electron chi connectivity index (χ1n) is 13.4. The highest BCUT2D eigenvalue weighted by Crippen LogP contribution is 2.34. The van der Waals surface area contributed by atoms with Crippen LogP contribution in [0.3, 0.4) is 0 Å². The molecule has 2 aromatic carbocycles. The van der Waals surface area contributed by atoms with Gasteiger partial charge in [-0.2, -0.15) is 0 Å². The second-order valence-corrected chi connectivity index (χ2v) is 11.1. The molecule has 1 N–H and O–H groups in total. The van der Waals surface area contributed by atoms with Crippen molar-refractivity contribution in [2.24, 2.45) is 0 Å². The van der Waals surface area contributed by atoms with E-state index in [9.17, 15) is 9.59 Å². The summed E-state index contributed by atoms with van der Waals surface area (Å²) in [5.41, 5.74) is 1.73. The van der Waals surface area contributed by atoms with E-state index in [4.69, 9.17) is 14.2 Å². The minimum atomic E-state index is -0.597. The molecule has 0 radical (unpaired) electrons. The number of amides is 2. The van der Waals surface area contributed by atoms with Crippen molar-refractivity contribution in [3.8, 4) is 0 Å². The Labute approximate surface area is 220 Å².